The van der Waals surface area contributed by atoms with Crippen molar-refractivity contribution in [2.75, 3.05) is 24.7 Å². The van der Waals surface area contributed by atoms with Crippen LogP contribution >= 0.6 is 0 Å². The number of nitrogen functional groups attached to an aromatic ring is 2. The fourth-order valence-corrected chi connectivity index (χ4v) is 5.19. The Morgan fingerprint density at radius 2 is 1.20 bits per heavy atom. The minimum absolute atomic E-state index is 0.0144. The molecule has 0 amide bonds. The lowest BCUT2D eigenvalue weighted by molar-refractivity contribution is 0.104. The number of allylic oxidation sites excluding steroid dienone is 1. The van der Waals surface area contributed by atoms with Gasteiger partial charge in [-0.3, -0.25) is 4.79 Å². The fourth-order valence-electron chi connectivity index (χ4n) is 5.19. The van der Waals surface area contributed by atoms with E-state index in [9.17, 15) is 4.79 Å². The van der Waals surface area contributed by atoms with E-state index in [4.69, 9.17) is 20.9 Å². The molecule has 0 aliphatic rings. The molecule has 46 heavy (non-hydrogen) atoms. The van der Waals surface area contributed by atoms with Gasteiger partial charge in [-0.2, -0.15) is 0 Å². The molecule has 0 saturated carbocycles. The van der Waals surface area contributed by atoms with Crippen molar-refractivity contribution >= 4 is 23.2 Å². The van der Waals surface area contributed by atoms with Gasteiger partial charge in [0.05, 0.1) is 18.9 Å². The molecular formula is C41H42N2O3. The van der Waals surface area contributed by atoms with E-state index in [1.54, 1.807) is 18.2 Å². The van der Waals surface area contributed by atoms with Gasteiger partial charge < -0.3 is 20.9 Å². The second-order valence-electron chi connectivity index (χ2n) is 11.4. The summed E-state index contributed by atoms with van der Waals surface area (Å²) in [4.78, 5) is 12.3. The minimum atomic E-state index is 0.0144. The van der Waals surface area contributed by atoms with Crippen LogP contribution in [0.5, 0.6) is 11.5 Å². The number of carbonyl (C=O) groups is 1. The first-order valence-corrected chi connectivity index (χ1v) is 16.0. The largest absolute Gasteiger partial charge is 0.494 e. The standard InChI is InChI=1S/C41H42N2O3/c42-37-23-27-41(39(43)30-37)46-29-7-2-1-6-28-45-38-24-21-35(22-25-38)34-19-16-33(17-20-34)15-12-31-10-13-32(14-11-31)18-26-40(44)36-8-4-3-5-9-36/h3-5,8-11,13-14,16-27,30H,1-2,6-7,12,15,28-29,42-43H2. The summed E-state index contributed by atoms with van der Waals surface area (Å²) >= 11 is 0. The van der Waals surface area contributed by atoms with E-state index in [2.05, 4.69) is 60.7 Å². The Labute approximate surface area is 272 Å². The van der Waals surface area contributed by atoms with Crippen molar-refractivity contribution in [1.82, 2.24) is 0 Å². The van der Waals surface area contributed by atoms with E-state index >= 15 is 0 Å². The van der Waals surface area contributed by atoms with Crippen LogP contribution in [0.1, 0.15) is 52.7 Å². The van der Waals surface area contributed by atoms with Crippen molar-refractivity contribution in [3.05, 3.63) is 150 Å². The number of anilines is 2. The number of aryl methyl sites for hydroxylation is 2. The zero-order chi connectivity index (χ0) is 32.0. The molecule has 0 radical (unpaired) electrons. The second-order valence-corrected chi connectivity index (χ2v) is 11.4. The molecule has 0 aromatic heterocycles. The molecule has 0 fully saturated rings. The first kappa shape index (κ1) is 32.1. The zero-order valence-corrected chi connectivity index (χ0v) is 26.2. The molecule has 5 aromatic carbocycles. The fraction of sp³-hybridized carbons (Fsp3) is 0.195. The zero-order valence-electron chi connectivity index (χ0n) is 26.2. The Hall–Kier alpha value is -5.29. The number of ketones is 1. The van der Waals surface area contributed by atoms with Crippen molar-refractivity contribution in [3.8, 4) is 22.6 Å². The lowest BCUT2D eigenvalue weighted by Gasteiger charge is -2.10. The number of unbranched alkanes of at least 4 members (excludes halogenated alkanes) is 3. The van der Waals surface area contributed by atoms with Crippen LogP contribution in [0.2, 0.25) is 0 Å². The second kappa shape index (κ2) is 16.7. The highest BCUT2D eigenvalue weighted by molar-refractivity contribution is 6.06. The quantitative estimate of drug-likeness (QED) is 0.0503. The number of carbonyl (C=O) groups excluding carboxylic acids is 1. The van der Waals surface area contributed by atoms with E-state index in [0.717, 1.165) is 49.8 Å². The first-order valence-electron chi connectivity index (χ1n) is 16.0. The number of benzene rings is 5. The summed E-state index contributed by atoms with van der Waals surface area (Å²) in [6.07, 6.45) is 9.59. The van der Waals surface area contributed by atoms with Crippen LogP contribution in [-0.2, 0) is 12.8 Å². The average molecular weight is 611 g/mol. The molecule has 0 unspecified atom stereocenters. The summed E-state index contributed by atoms with van der Waals surface area (Å²) in [5.74, 6) is 1.60. The van der Waals surface area contributed by atoms with Crippen LogP contribution in [0.25, 0.3) is 17.2 Å². The molecule has 5 aromatic rings. The smallest absolute Gasteiger partial charge is 0.185 e. The maximum Gasteiger partial charge on any atom is 0.185 e. The molecule has 4 N–H and O–H groups in total. The minimum Gasteiger partial charge on any atom is -0.494 e. The predicted molar refractivity (Wildman–Crippen MR) is 190 cm³/mol. The third-order valence-corrected chi connectivity index (χ3v) is 7.91. The average Bonchev–Trinajstić information content (AvgIpc) is 3.09. The molecule has 5 heteroatoms. The van der Waals surface area contributed by atoms with Crippen molar-refractivity contribution in [2.45, 2.75) is 38.5 Å². The van der Waals surface area contributed by atoms with Crippen LogP contribution in [-0.4, -0.2) is 19.0 Å². The summed E-state index contributed by atoms with van der Waals surface area (Å²) < 4.78 is 11.7. The molecule has 0 aliphatic heterocycles. The normalized spacial score (nSPS) is 11.0. The Balaban J connectivity index is 0.981. The number of hydrogen-bond donors (Lipinski definition) is 2. The van der Waals surface area contributed by atoms with Gasteiger partial charge in [-0.1, -0.05) is 97.1 Å². The molecule has 5 nitrogen and oxygen atoms in total. The van der Waals surface area contributed by atoms with E-state index < -0.39 is 0 Å². The number of ether oxygens (including phenoxy) is 2. The molecule has 0 atom stereocenters. The monoisotopic (exact) mass is 610 g/mol. The molecule has 0 bridgehead atoms. The van der Waals surface area contributed by atoms with E-state index in [-0.39, 0.29) is 5.78 Å². The predicted octanol–water partition coefficient (Wildman–Crippen LogP) is 9.22. The lowest BCUT2D eigenvalue weighted by atomic mass is 9.99. The Morgan fingerprint density at radius 3 is 1.83 bits per heavy atom. The SMILES string of the molecule is Nc1ccc(OCCCCCCOc2ccc(-c3ccc(CCc4ccc(C=CC(=O)c5ccccc5)cc4)cc3)cc2)c(N)c1. The summed E-state index contributed by atoms with van der Waals surface area (Å²) in [5.41, 5.74) is 19.6. The van der Waals surface area contributed by atoms with E-state index in [1.165, 1.54) is 22.3 Å². The number of rotatable bonds is 16. The Morgan fingerprint density at radius 1 is 0.609 bits per heavy atom. The van der Waals surface area contributed by atoms with Gasteiger partial charge in [0.15, 0.2) is 5.78 Å². The highest BCUT2D eigenvalue weighted by Crippen LogP contribution is 2.25. The van der Waals surface area contributed by atoms with E-state index in [1.807, 2.05) is 54.6 Å². The van der Waals surface area contributed by atoms with Crippen LogP contribution in [0.3, 0.4) is 0 Å². The van der Waals surface area contributed by atoms with Crippen molar-refractivity contribution in [1.29, 1.82) is 0 Å². The first-order chi connectivity index (χ1) is 22.5. The highest BCUT2D eigenvalue weighted by Gasteiger charge is 2.04. The van der Waals surface area contributed by atoms with Crippen molar-refractivity contribution in [3.63, 3.8) is 0 Å². The van der Waals surface area contributed by atoms with Gasteiger partial charge in [-0.15, -0.1) is 0 Å². The van der Waals surface area contributed by atoms with Gasteiger partial charge in [0, 0.05) is 11.3 Å². The summed E-state index contributed by atoms with van der Waals surface area (Å²) in [7, 11) is 0. The van der Waals surface area contributed by atoms with Crippen molar-refractivity contribution in [2.24, 2.45) is 0 Å². The molecule has 0 aliphatic carbocycles. The lowest BCUT2D eigenvalue weighted by Crippen LogP contribution is -2.02. The summed E-state index contributed by atoms with van der Waals surface area (Å²) in [6.45, 7) is 1.34. The number of hydrogen-bond acceptors (Lipinski definition) is 5. The third-order valence-electron chi connectivity index (χ3n) is 7.91. The van der Waals surface area contributed by atoms with Gasteiger partial charge in [0.2, 0.25) is 0 Å². The topological polar surface area (TPSA) is 87.6 Å². The van der Waals surface area contributed by atoms with Crippen LogP contribution < -0.4 is 20.9 Å². The van der Waals surface area contributed by atoms with Crippen molar-refractivity contribution < 1.29 is 14.3 Å². The highest BCUT2D eigenvalue weighted by atomic mass is 16.5. The Bertz CT molecular complexity index is 1690. The van der Waals surface area contributed by atoms with E-state index in [0.29, 0.717) is 35.9 Å². The maximum atomic E-state index is 12.3. The molecule has 0 saturated heterocycles. The van der Waals surface area contributed by atoms with Gasteiger partial charge in [0.25, 0.3) is 0 Å². The van der Waals surface area contributed by atoms with Gasteiger partial charge in [-0.25, -0.2) is 0 Å². The van der Waals surface area contributed by atoms with Gasteiger partial charge >= 0.3 is 0 Å². The maximum absolute atomic E-state index is 12.3. The molecule has 0 spiro atoms. The third kappa shape index (κ3) is 9.86. The molecule has 5 rings (SSSR count). The van der Waals surface area contributed by atoms with Gasteiger partial charge in [0.1, 0.15) is 11.5 Å². The molecule has 234 valence electrons. The van der Waals surface area contributed by atoms with Crippen LogP contribution in [0.15, 0.2) is 127 Å². The van der Waals surface area contributed by atoms with Gasteiger partial charge in [-0.05, 0) is 103 Å². The summed E-state index contributed by atoms with van der Waals surface area (Å²) in [5, 5.41) is 0. The molecule has 0 heterocycles. The molecular weight excluding hydrogens is 568 g/mol. The summed E-state index contributed by atoms with van der Waals surface area (Å²) in [6, 6.07) is 40.2. The van der Waals surface area contributed by atoms with Crippen LogP contribution in [0, 0.1) is 0 Å². The van der Waals surface area contributed by atoms with Crippen LogP contribution in [0.4, 0.5) is 11.4 Å². The Kier molecular flexibility index (Phi) is 11.7. The number of nitrogens with two attached hydrogens (primary N) is 2.